The monoisotopic (exact) mass is 415 g/mol. The maximum atomic E-state index is 9.44. The van der Waals surface area contributed by atoms with Gasteiger partial charge in [-0.15, -0.1) is 0 Å². The molecule has 2 aromatic rings. The minimum atomic E-state index is 0.167. The highest BCUT2D eigenvalue weighted by Gasteiger charge is 2.11. The molecule has 6 nitrogen and oxygen atoms in total. The van der Waals surface area contributed by atoms with Crippen molar-refractivity contribution in [2.45, 2.75) is 40.5 Å². The predicted octanol–water partition coefficient (Wildman–Crippen LogP) is 5.24. The van der Waals surface area contributed by atoms with Crippen molar-refractivity contribution in [3.63, 3.8) is 0 Å². The van der Waals surface area contributed by atoms with Gasteiger partial charge in [0.2, 0.25) is 6.79 Å². The molecule has 6 heteroatoms. The van der Waals surface area contributed by atoms with E-state index in [9.17, 15) is 4.79 Å². The number of fused-ring (bicyclic) bond motifs is 1. The molecule has 0 amide bonds. The maximum absolute atomic E-state index is 9.44. The average molecular weight is 416 g/mol. The van der Waals surface area contributed by atoms with Gasteiger partial charge in [-0.1, -0.05) is 19.4 Å². The van der Waals surface area contributed by atoms with Crippen LogP contribution in [0.4, 0.5) is 0 Å². The predicted molar refractivity (Wildman–Crippen MR) is 121 cm³/mol. The van der Waals surface area contributed by atoms with Gasteiger partial charge < -0.3 is 23.7 Å². The van der Waals surface area contributed by atoms with E-state index in [0.29, 0.717) is 6.79 Å². The Morgan fingerprint density at radius 1 is 1.00 bits per heavy atom. The standard InChI is InChI=1S/C13H19NO2.C8H8O2.C3H6O/c1-5-6-11(14-2)10-7-8-12(15-3)13(9-10)16-4;1-6-2-3-7-8(4-6)10-5-9-7;1-3(2)4/h7-9H,5-6H2,1-4H3;2-4H,5H2,1H3;1-2H3. The molecule has 0 aromatic heterocycles. The van der Waals surface area contributed by atoms with Gasteiger partial charge in [0.1, 0.15) is 5.78 Å². The molecule has 3 rings (SSSR count). The van der Waals surface area contributed by atoms with E-state index in [1.807, 2.05) is 50.4 Å². The van der Waals surface area contributed by atoms with Crippen molar-refractivity contribution in [2.24, 2.45) is 4.99 Å². The Bertz CT molecular complexity index is 841. The summed E-state index contributed by atoms with van der Waals surface area (Å²) in [6.45, 7) is 7.59. The Balaban J connectivity index is 0.000000271. The molecular formula is C24H33NO5. The van der Waals surface area contributed by atoms with Gasteiger partial charge in [-0.3, -0.25) is 4.99 Å². The number of aliphatic imine (C=N–C) groups is 1. The lowest BCUT2D eigenvalue weighted by Gasteiger charge is -2.10. The molecule has 0 aliphatic carbocycles. The zero-order valence-corrected chi connectivity index (χ0v) is 19.1. The van der Waals surface area contributed by atoms with E-state index in [0.717, 1.165) is 47.1 Å². The Kier molecular flexibility index (Phi) is 11.0. The smallest absolute Gasteiger partial charge is 0.231 e. The lowest BCUT2D eigenvalue weighted by atomic mass is 10.1. The van der Waals surface area contributed by atoms with E-state index < -0.39 is 0 Å². The zero-order chi connectivity index (χ0) is 22.5. The summed E-state index contributed by atoms with van der Waals surface area (Å²) in [5, 5.41) is 0. The first-order valence-corrected chi connectivity index (χ1v) is 9.87. The molecule has 164 valence electrons. The van der Waals surface area contributed by atoms with Crippen molar-refractivity contribution in [3.05, 3.63) is 47.5 Å². The number of rotatable bonds is 5. The maximum Gasteiger partial charge on any atom is 0.231 e. The van der Waals surface area contributed by atoms with Crippen LogP contribution in [0.15, 0.2) is 41.4 Å². The molecule has 1 aliphatic heterocycles. The second kappa shape index (κ2) is 13.2. The molecule has 1 heterocycles. The van der Waals surface area contributed by atoms with E-state index in [1.54, 1.807) is 14.2 Å². The summed E-state index contributed by atoms with van der Waals surface area (Å²) in [6, 6.07) is 11.8. The van der Waals surface area contributed by atoms with Crippen LogP contribution in [0.5, 0.6) is 23.0 Å². The number of ether oxygens (including phenoxy) is 4. The normalized spacial score (nSPS) is 11.5. The van der Waals surface area contributed by atoms with Gasteiger partial charge in [0, 0.05) is 12.8 Å². The molecule has 0 saturated carbocycles. The largest absolute Gasteiger partial charge is 0.493 e. The fraction of sp³-hybridized carbons (Fsp3) is 0.417. The van der Waals surface area contributed by atoms with Gasteiger partial charge in [0.15, 0.2) is 23.0 Å². The fourth-order valence-electron chi connectivity index (χ4n) is 2.64. The van der Waals surface area contributed by atoms with Gasteiger partial charge in [-0.2, -0.15) is 0 Å². The van der Waals surface area contributed by atoms with Crippen LogP contribution in [0.1, 0.15) is 44.7 Å². The third-order valence-corrected chi connectivity index (χ3v) is 4.00. The number of Topliss-reactive ketones (excluding diaryl/α,β-unsaturated/α-hetero) is 1. The molecule has 0 fully saturated rings. The van der Waals surface area contributed by atoms with Crippen LogP contribution >= 0.6 is 0 Å². The molecule has 0 radical (unpaired) electrons. The highest BCUT2D eigenvalue weighted by molar-refractivity contribution is 6.01. The fourth-order valence-corrected chi connectivity index (χ4v) is 2.64. The number of aryl methyl sites for hydroxylation is 1. The van der Waals surface area contributed by atoms with Crippen molar-refractivity contribution < 1.29 is 23.7 Å². The minimum Gasteiger partial charge on any atom is -0.493 e. The summed E-state index contributed by atoms with van der Waals surface area (Å²) in [5.41, 5.74) is 3.40. The molecule has 1 aliphatic rings. The lowest BCUT2D eigenvalue weighted by molar-refractivity contribution is -0.114. The summed E-state index contributed by atoms with van der Waals surface area (Å²) in [4.78, 5) is 13.7. The first-order chi connectivity index (χ1) is 14.4. The molecule has 30 heavy (non-hydrogen) atoms. The van der Waals surface area contributed by atoms with Gasteiger partial charge in [-0.05, 0) is 68.7 Å². The van der Waals surface area contributed by atoms with Crippen molar-refractivity contribution in [1.82, 2.24) is 0 Å². The first-order valence-electron chi connectivity index (χ1n) is 9.87. The Labute approximate surface area is 179 Å². The number of carbonyl (C=O) groups is 1. The summed E-state index contributed by atoms with van der Waals surface area (Å²) in [5.74, 6) is 3.38. The highest BCUT2D eigenvalue weighted by Crippen LogP contribution is 2.32. The molecule has 0 unspecified atom stereocenters. The van der Waals surface area contributed by atoms with Gasteiger partial charge in [-0.25, -0.2) is 0 Å². The number of nitrogens with zero attached hydrogens (tertiary/aromatic N) is 1. The zero-order valence-electron chi connectivity index (χ0n) is 19.1. The molecule has 0 spiro atoms. The Morgan fingerprint density at radius 2 is 1.63 bits per heavy atom. The number of hydrogen-bond acceptors (Lipinski definition) is 6. The molecule has 0 saturated heterocycles. The molecule has 2 aromatic carbocycles. The van der Waals surface area contributed by atoms with Crippen LogP contribution in [-0.2, 0) is 4.79 Å². The summed E-state index contributed by atoms with van der Waals surface area (Å²) in [7, 11) is 5.10. The number of benzene rings is 2. The van der Waals surface area contributed by atoms with Crippen LogP contribution in [-0.4, -0.2) is 39.6 Å². The summed E-state index contributed by atoms with van der Waals surface area (Å²) >= 11 is 0. The molecule has 0 N–H and O–H groups in total. The van der Waals surface area contributed by atoms with E-state index in [4.69, 9.17) is 18.9 Å². The molecular weight excluding hydrogens is 382 g/mol. The lowest BCUT2D eigenvalue weighted by Crippen LogP contribution is -2.01. The topological polar surface area (TPSA) is 66.4 Å². The van der Waals surface area contributed by atoms with Crippen LogP contribution in [0, 0.1) is 6.92 Å². The van der Waals surface area contributed by atoms with Crippen LogP contribution in [0.3, 0.4) is 0 Å². The molecule has 0 bridgehead atoms. The van der Waals surface area contributed by atoms with Crippen LogP contribution in [0.2, 0.25) is 0 Å². The number of carbonyl (C=O) groups excluding carboxylic acids is 1. The van der Waals surface area contributed by atoms with Crippen molar-refractivity contribution in [2.75, 3.05) is 28.1 Å². The van der Waals surface area contributed by atoms with Gasteiger partial charge >= 0.3 is 0 Å². The van der Waals surface area contributed by atoms with Gasteiger partial charge in [0.25, 0.3) is 0 Å². The van der Waals surface area contributed by atoms with Crippen LogP contribution in [0.25, 0.3) is 0 Å². The third-order valence-electron chi connectivity index (χ3n) is 4.00. The summed E-state index contributed by atoms with van der Waals surface area (Å²) < 4.78 is 20.8. The SMILES string of the molecule is CC(C)=O.CCCC(=NC)c1ccc(OC)c(OC)c1.Cc1ccc2c(c1)OCO2. The average Bonchev–Trinajstić information content (AvgIpc) is 3.19. The molecule has 0 atom stereocenters. The first kappa shape index (κ1) is 25.0. The summed E-state index contributed by atoms with van der Waals surface area (Å²) in [6.07, 6.45) is 2.06. The minimum absolute atomic E-state index is 0.167. The quantitative estimate of drug-likeness (QED) is 0.625. The van der Waals surface area contributed by atoms with Crippen LogP contribution < -0.4 is 18.9 Å². The van der Waals surface area contributed by atoms with Crippen molar-refractivity contribution in [1.29, 1.82) is 0 Å². The second-order valence-electron chi connectivity index (χ2n) is 6.76. The van der Waals surface area contributed by atoms with Crippen molar-refractivity contribution >= 4 is 11.5 Å². The van der Waals surface area contributed by atoms with Gasteiger partial charge in [0.05, 0.1) is 14.2 Å². The highest BCUT2D eigenvalue weighted by atomic mass is 16.7. The van der Waals surface area contributed by atoms with E-state index in [2.05, 4.69) is 11.9 Å². The Hall–Kier alpha value is -3.02. The third kappa shape index (κ3) is 8.15. The number of methoxy groups -OCH3 is 2. The number of hydrogen-bond donors (Lipinski definition) is 0. The van der Waals surface area contributed by atoms with E-state index in [1.165, 1.54) is 19.4 Å². The van der Waals surface area contributed by atoms with Crippen molar-refractivity contribution in [3.8, 4) is 23.0 Å². The van der Waals surface area contributed by atoms with E-state index in [-0.39, 0.29) is 5.78 Å². The Morgan fingerprint density at radius 3 is 2.20 bits per heavy atom. The van der Waals surface area contributed by atoms with E-state index >= 15 is 0 Å². The second-order valence-corrected chi connectivity index (χ2v) is 6.76. The number of ketones is 1.